The number of Topliss-reactive ketones (excluding diaryl/α,β-unsaturated/α-hetero) is 1. The summed E-state index contributed by atoms with van der Waals surface area (Å²) in [5.41, 5.74) is 1.20. The minimum atomic E-state index is -1.03. The molecular weight excluding hydrogens is 358 g/mol. The Balaban J connectivity index is 2.05. The highest BCUT2D eigenvalue weighted by Crippen LogP contribution is 2.21. The lowest BCUT2D eigenvalue weighted by molar-refractivity contribution is -0.123. The largest absolute Gasteiger partial charge is 0.507 e. The van der Waals surface area contributed by atoms with Crippen LogP contribution < -0.4 is 5.32 Å². The van der Waals surface area contributed by atoms with Gasteiger partial charge in [-0.05, 0) is 50.2 Å². The second kappa shape index (κ2) is 8.25. The van der Waals surface area contributed by atoms with E-state index in [0.717, 1.165) is 5.56 Å². The predicted molar refractivity (Wildman–Crippen MR) is 107 cm³/mol. The molecule has 2 aromatic carbocycles. The van der Waals surface area contributed by atoms with Crippen molar-refractivity contribution in [2.75, 3.05) is 5.32 Å². The van der Waals surface area contributed by atoms with Crippen LogP contribution in [0.2, 0.25) is 0 Å². The first-order chi connectivity index (χ1) is 13.0. The summed E-state index contributed by atoms with van der Waals surface area (Å²) in [6, 6.07) is 10.9. The molecule has 1 unspecified atom stereocenters. The molecule has 0 spiro atoms. The summed E-state index contributed by atoms with van der Waals surface area (Å²) in [5, 5.41) is 12.6. The van der Waals surface area contributed by atoms with Gasteiger partial charge in [-0.15, -0.1) is 0 Å². The summed E-state index contributed by atoms with van der Waals surface area (Å²) in [6.07, 6.45) is -1.03. The van der Waals surface area contributed by atoms with Crippen molar-refractivity contribution in [2.24, 2.45) is 5.41 Å². The molecule has 0 bridgehead atoms. The lowest BCUT2D eigenvalue weighted by Gasteiger charge is -2.18. The van der Waals surface area contributed by atoms with Crippen molar-refractivity contribution in [3.8, 4) is 5.75 Å². The average molecular weight is 383 g/mol. The Kier molecular flexibility index (Phi) is 6.23. The lowest BCUT2D eigenvalue weighted by atomic mass is 9.95. The number of amides is 1. The van der Waals surface area contributed by atoms with Crippen molar-refractivity contribution in [1.29, 1.82) is 0 Å². The molecule has 0 heterocycles. The molecule has 0 saturated heterocycles. The summed E-state index contributed by atoms with van der Waals surface area (Å²) >= 11 is 0. The smallest absolute Gasteiger partial charge is 0.342 e. The van der Waals surface area contributed by atoms with Crippen molar-refractivity contribution in [2.45, 2.75) is 40.7 Å². The number of ether oxygens (including phenoxy) is 1. The Morgan fingerprint density at radius 1 is 1.04 bits per heavy atom. The van der Waals surface area contributed by atoms with Gasteiger partial charge in [-0.3, -0.25) is 9.59 Å². The molecule has 1 amide bonds. The van der Waals surface area contributed by atoms with Gasteiger partial charge in [-0.1, -0.05) is 32.4 Å². The molecule has 148 valence electrons. The number of ketones is 1. The molecule has 1 atom stereocenters. The molecule has 28 heavy (non-hydrogen) atoms. The van der Waals surface area contributed by atoms with Crippen LogP contribution in [0.4, 0.5) is 5.69 Å². The van der Waals surface area contributed by atoms with Gasteiger partial charge < -0.3 is 15.2 Å². The number of esters is 1. The summed E-state index contributed by atoms with van der Waals surface area (Å²) < 4.78 is 5.21. The zero-order chi connectivity index (χ0) is 21.1. The van der Waals surface area contributed by atoms with E-state index in [0.29, 0.717) is 11.3 Å². The van der Waals surface area contributed by atoms with E-state index in [4.69, 9.17) is 4.74 Å². The number of aromatic hydroxyl groups is 1. The number of carbonyl (C=O) groups is 3. The van der Waals surface area contributed by atoms with Crippen molar-refractivity contribution >= 4 is 23.3 Å². The van der Waals surface area contributed by atoms with E-state index in [-0.39, 0.29) is 23.0 Å². The Hall–Kier alpha value is -3.15. The number of hydrogen-bond acceptors (Lipinski definition) is 5. The van der Waals surface area contributed by atoms with Gasteiger partial charge in [0.1, 0.15) is 11.3 Å². The predicted octanol–water partition coefficient (Wildman–Crippen LogP) is 4.11. The molecule has 0 saturated carbocycles. The Bertz CT molecular complexity index is 894. The number of anilines is 1. The standard InChI is InChI=1S/C22H25NO5/c1-13-6-11-18(24)17(12-13)20(26)28-14(2)19(25)15-7-9-16(10-8-15)23-21(27)22(3,4)5/h6-12,14,24H,1-5H3,(H,23,27). The molecular formula is C22H25NO5. The van der Waals surface area contributed by atoms with Gasteiger partial charge in [-0.2, -0.15) is 0 Å². The van der Waals surface area contributed by atoms with Gasteiger partial charge >= 0.3 is 5.97 Å². The number of aryl methyl sites for hydroxylation is 1. The van der Waals surface area contributed by atoms with Crippen LogP contribution in [-0.2, 0) is 9.53 Å². The fraction of sp³-hybridized carbons (Fsp3) is 0.318. The van der Waals surface area contributed by atoms with E-state index in [2.05, 4.69) is 5.32 Å². The Labute approximate surface area is 164 Å². The quantitative estimate of drug-likeness (QED) is 0.599. The van der Waals surface area contributed by atoms with Crippen molar-refractivity contribution in [1.82, 2.24) is 0 Å². The number of nitrogens with one attached hydrogen (secondary N) is 1. The second-order valence-corrected chi connectivity index (χ2v) is 7.71. The summed E-state index contributed by atoms with van der Waals surface area (Å²) in [5.74, 6) is -1.48. The Morgan fingerprint density at radius 3 is 2.21 bits per heavy atom. The average Bonchev–Trinajstić information content (AvgIpc) is 2.62. The molecule has 0 fully saturated rings. The maximum atomic E-state index is 12.5. The van der Waals surface area contributed by atoms with Crippen LogP contribution in [0.15, 0.2) is 42.5 Å². The first kappa shape index (κ1) is 21.2. The number of benzene rings is 2. The molecule has 2 rings (SSSR count). The molecule has 0 radical (unpaired) electrons. The van der Waals surface area contributed by atoms with Crippen molar-refractivity contribution in [3.63, 3.8) is 0 Å². The van der Waals surface area contributed by atoms with E-state index in [9.17, 15) is 19.5 Å². The van der Waals surface area contributed by atoms with Crippen LogP contribution in [0.5, 0.6) is 5.75 Å². The highest BCUT2D eigenvalue weighted by atomic mass is 16.5. The molecule has 0 aliphatic carbocycles. The van der Waals surface area contributed by atoms with Gasteiger partial charge in [0.05, 0.1) is 0 Å². The number of phenolic OH excluding ortho intramolecular Hbond substituents is 1. The molecule has 2 N–H and O–H groups in total. The summed E-state index contributed by atoms with van der Waals surface area (Å²) in [4.78, 5) is 36.8. The van der Waals surface area contributed by atoms with E-state index < -0.39 is 17.5 Å². The third-order valence-electron chi connectivity index (χ3n) is 4.13. The van der Waals surface area contributed by atoms with E-state index in [1.165, 1.54) is 19.1 Å². The maximum Gasteiger partial charge on any atom is 0.342 e. The van der Waals surface area contributed by atoms with Gasteiger partial charge in [0.15, 0.2) is 6.10 Å². The molecule has 6 heteroatoms. The first-order valence-corrected chi connectivity index (χ1v) is 8.95. The number of carbonyl (C=O) groups excluding carboxylic acids is 3. The SMILES string of the molecule is Cc1ccc(O)c(C(=O)OC(C)C(=O)c2ccc(NC(=O)C(C)(C)C)cc2)c1. The normalized spacial score (nSPS) is 12.2. The van der Waals surface area contributed by atoms with E-state index in [1.54, 1.807) is 37.3 Å². The van der Waals surface area contributed by atoms with Gasteiger partial charge in [0.25, 0.3) is 0 Å². The van der Waals surface area contributed by atoms with Crippen molar-refractivity contribution < 1.29 is 24.2 Å². The van der Waals surface area contributed by atoms with Crippen LogP contribution in [0, 0.1) is 12.3 Å². The first-order valence-electron chi connectivity index (χ1n) is 8.95. The molecule has 0 aliphatic rings. The lowest BCUT2D eigenvalue weighted by Crippen LogP contribution is -2.27. The summed E-state index contributed by atoms with van der Waals surface area (Å²) in [6.45, 7) is 8.68. The number of rotatable bonds is 5. The minimum absolute atomic E-state index is 0.0138. The molecule has 2 aromatic rings. The van der Waals surface area contributed by atoms with Crippen LogP contribution in [0.1, 0.15) is 54.0 Å². The number of hydrogen-bond donors (Lipinski definition) is 2. The highest BCUT2D eigenvalue weighted by molar-refractivity contribution is 6.02. The third-order valence-corrected chi connectivity index (χ3v) is 4.13. The monoisotopic (exact) mass is 383 g/mol. The zero-order valence-electron chi connectivity index (χ0n) is 16.7. The maximum absolute atomic E-state index is 12.5. The van der Waals surface area contributed by atoms with Crippen molar-refractivity contribution in [3.05, 3.63) is 59.2 Å². The topological polar surface area (TPSA) is 92.7 Å². The molecule has 6 nitrogen and oxygen atoms in total. The fourth-order valence-electron chi connectivity index (χ4n) is 2.36. The second-order valence-electron chi connectivity index (χ2n) is 7.71. The molecule has 0 aromatic heterocycles. The summed E-state index contributed by atoms with van der Waals surface area (Å²) in [7, 11) is 0. The van der Waals surface area contributed by atoms with Gasteiger partial charge in [0, 0.05) is 16.7 Å². The van der Waals surface area contributed by atoms with Crippen LogP contribution in [0.25, 0.3) is 0 Å². The Morgan fingerprint density at radius 2 is 1.64 bits per heavy atom. The van der Waals surface area contributed by atoms with Crippen LogP contribution >= 0.6 is 0 Å². The third kappa shape index (κ3) is 5.19. The molecule has 0 aliphatic heterocycles. The van der Waals surface area contributed by atoms with E-state index in [1.807, 2.05) is 20.8 Å². The van der Waals surface area contributed by atoms with Gasteiger partial charge in [-0.25, -0.2) is 4.79 Å². The van der Waals surface area contributed by atoms with Gasteiger partial charge in [0.2, 0.25) is 11.7 Å². The fourth-order valence-corrected chi connectivity index (χ4v) is 2.36. The van der Waals surface area contributed by atoms with E-state index >= 15 is 0 Å². The zero-order valence-corrected chi connectivity index (χ0v) is 16.7. The highest BCUT2D eigenvalue weighted by Gasteiger charge is 2.23. The van der Waals surface area contributed by atoms with Crippen LogP contribution in [0.3, 0.4) is 0 Å². The number of phenols is 1. The van der Waals surface area contributed by atoms with Crippen LogP contribution in [-0.4, -0.2) is 28.9 Å². The minimum Gasteiger partial charge on any atom is -0.507 e.